The van der Waals surface area contributed by atoms with Crippen LogP contribution < -0.4 is 5.46 Å². The van der Waals surface area contributed by atoms with Crippen LogP contribution in [0.5, 0.6) is 0 Å². The lowest BCUT2D eigenvalue weighted by atomic mass is 9.77. The zero-order valence-corrected chi connectivity index (χ0v) is 13.5. The summed E-state index contributed by atoms with van der Waals surface area (Å²) in [5.74, 6) is 0. The standard InChI is InChI=1S/C16H21BN2O2/c1-10-7-12(8-13-11(2)18-9-19-14(10)13)17-20-15(3,4)16(5,6)21-17/h7-9H,1-6H3. The van der Waals surface area contributed by atoms with Crippen LogP contribution in [-0.2, 0) is 9.31 Å². The molecule has 21 heavy (non-hydrogen) atoms. The van der Waals surface area contributed by atoms with Crippen molar-refractivity contribution in [3.05, 3.63) is 29.7 Å². The van der Waals surface area contributed by atoms with Crippen LogP contribution in [-0.4, -0.2) is 28.3 Å². The SMILES string of the molecule is Cc1ncnc2c(C)cc(B3OC(C)(C)C(C)(C)O3)cc12. The van der Waals surface area contributed by atoms with Crippen molar-refractivity contribution in [2.45, 2.75) is 52.7 Å². The van der Waals surface area contributed by atoms with Crippen LogP contribution in [0.4, 0.5) is 0 Å². The van der Waals surface area contributed by atoms with E-state index < -0.39 is 0 Å². The van der Waals surface area contributed by atoms with Crippen molar-refractivity contribution >= 4 is 23.5 Å². The number of hydrogen-bond acceptors (Lipinski definition) is 4. The Labute approximate surface area is 126 Å². The predicted molar refractivity (Wildman–Crippen MR) is 84.7 cm³/mol. The molecule has 5 heteroatoms. The van der Waals surface area contributed by atoms with Crippen LogP contribution in [0, 0.1) is 13.8 Å². The molecule has 0 atom stereocenters. The monoisotopic (exact) mass is 284 g/mol. The number of hydrogen-bond donors (Lipinski definition) is 0. The molecule has 2 heterocycles. The molecule has 1 aliphatic heterocycles. The molecular formula is C16H21BN2O2. The summed E-state index contributed by atoms with van der Waals surface area (Å²) in [6.45, 7) is 12.3. The van der Waals surface area contributed by atoms with Crippen LogP contribution in [0.2, 0.25) is 0 Å². The largest absolute Gasteiger partial charge is 0.494 e. The quantitative estimate of drug-likeness (QED) is 0.755. The highest BCUT2D eigenvalue weighted by Crippen LogP contribution is 2.36. The Morgan fingerprint density at radius 3 is 2.19 bits per heavy atom. The van der Waals surface area contributed by atoms with Gasteiger partial charge in [-0.15, -0.1) is 0 Å². The summed E-state index contributed by atoms with van der Waals surface area (Å²) in [6, 6.07) is 4.18. The van der Waals surface area contributed by atoms with Crippen LogP contribution in [0.25, 0.3) is 10.9 Å². The second kappa shape index (κ2) is 4.52. The molecule has 0 radical (unpaired) electrons. The minimum atomic E-state index is -0.349. The van der Waals surface area contributed by atoms with Gasteiger partial charge in [-0.1, -0.05) is 12.1 Å². The molecule has 0 unspecified atom stereocenters. The fourth-order valence-corrected chi connectivity index (χ4v) is 2.61. The van der Waals surface area contributed by atoms with Gasteiger partial charge in [0.2, 0.25) is 0 Å². The van der Waals surface area contributed by atoms with Crippen molar-refractivity contribution in [2.75, 3.05) is 0 Å². The fourth-order valence-electron chi connectivity index (χ4n) is 2.61. The van der Waals surface area contributed by atoms with Gasteiger partial charge >= 0.3 is 7.12 Å². The summed E-state index contributed by atoms with van der Waals surface area (Å²) < 4.78 is 12.3. The predicted octanol–water partition coefficient (Wildman–Crippen LogP) is 2.55. The van der Waals surface area contributed by atoms with Crippen LogP contribution in [0.3, 0.4) is 0 Å². The highest BCUT2D eigenvalue weighted by Gasteiger charge is 2.51. The Hall–Kier alpha value is -1.46. The zero-order valence-electron chi connectivity index (χ0n) is 13.5. The van der Waals surface area contributed by atoms with Gasteiger partial charge in [0.05, 0.1) is 16.7 Å². The number of rotatable bonds is 1. The summed E-state index contributed by atoms with van der Waals surface area (Å²) in [4.78, 5) is 8.65. The zero-order chi connectivity index (χ0) is 15.4. The van der Waals surface area contributed by atoms with Crippen molar-refractivity contribution in [1.29, 1.82) is 0 Å². The van der Waals surface area contributed by atoms with E-state index in [1.54, 1.807) is 6.33 Å². The van der Waals surface area contributed by atoms with E-state index in [-0.39, 0.29) is 18.3 Å². The molecule has 1 aliphatic rings. The molecule has 0 spiro atoms. The van der Waals surface area contributed by atoms with Crippen molar-refractivity contribution in [2.24, 2.45) is 0 Å². The number of aromatic nitrogens is 2. The highest BCUT2D eigenvalue weighted by atomic mass is 16.7. The number of fused-ring (bicyclic) bond motifs is 1. The smallest absolute Gasteiger partial charge is 0.399 e. The Balaban J connectivity index is 2.09. The number of nitrogens with zero attached hydrogens (tertiary/aromatic N) is 2. The Bertz CT molecular complexity index is 697. The highest BCUT2D eigenvalue weighted by molar-refractivity contribution is 6.62. The Kier molecular flexibility index (Phi) is 3.12. The molecule has 0 bridgehead atoms. The van der Waals surface area contributed by atoms with E-state index in [4.69, 9.17) is 9.31 Å². The third-order valence-corrected chi connectivity index (χ3v) is 4.68. The molecule has 3 rings (SSSR count). The third-order valence-electron chi connectivity index (χ3n) is 4.68. The Morgan fingerprint density at radius 1 is 0.952 bits per heavy atom. The van der Waals surface area contributed by atoms with E-state index in [0.29, 0.717) is 0 Å². The normalized spacial score (nSPS) is 20.2. The van der Waals surface area contributed by atoms with E-state index in [9.17, 15) is 0 Å². The third kappa shape index (κ3) is 2.25. The summed E-state index contributed by atoms with van der Waals surface area (Å²) in [5.41, 5.74) is 3.44. The molecule has 1 aromatic heterocycles. The topological polar surface area (TPSA) is 44.2 Å². The Morgan fingerprint density at radius 2 is 1.57 bits per heavy atom. The molecule has 4 nitrogen and oxygen atoms in total. The first-order valence-electron chi connectivity index (χ1n) is 7.29. The molecule has 2 aromatic rings. The van der Waals surface area contributed by atoms with Gasteiger partial charge in [-0.25, -0.2) is 9.97 Å². The molecular weight excluding hydrogens is 263 g/mol. The lowest BCUT2D eigenvalue weighted by Crippen LogP contribution is -2.41. The first-order chi connectivity index (χ1) is 9.71. The van der Waals surface area contributed by atoms with Gasteiger partial charge in [-0.2, -0.15) is 0 Å². The summed E-state index contributed by atoms with van der Waals surface area (Å²) in [6.07, 6.45) is 1.61. The molecule has 0 N–H and O–H groups in total. The average Bonchev–Trinajstić information content (AvgIpc) is 2.60. The van der Waals surface area contributed by atoms with Gasteiger partial charge in [0.25, 0.3) is 0 Å². The van der Waals surface area contributed by atoms with Gasteiger partial charge in [0.1, 0.15) is 6.33 Å². The van der Waals surface area contributed by atoms with Crippen molar-refractivity contribution < 1.29 is 9.31 Å². The molecule has 0 amide bonds. The summed E-state index contributed by atoms with van der Waals surface area (Å²) in [7, 11) is -0.349. The van der Waals surface area contributed by atoms with Crippen LogP contribution in [0.1, 0.15) is 39.0 Å². The van der Waals surface area contributed by atoms with Gasteiger partial charge < -0.3 is 9.31 Å². The molecule has 1 fully saturated rings. The van der Waals surface area contributed by atoms with Crippen LogP contribution in [0.15, 0.2) is 18.5 Å². The second-order valence-electron chi connectivity index (χ2n) is 6.78. The molecule has 0 aliphatic carbocycles. The lowest BCUT2D eigenvalue weighted by Gasteiger charge is -2.32. The van der Waals surface area contributed by atoms with Crippen molar-refractivity contribution in [3.8, 4) is 0 Å². The first kappa shape index (κ1) is 14.5. The van der Waals surface area contributed by atoms with E-state index in [1.165, 1.54) is 0 Å². The molecule has 1 saturated heterocycles. The molecule has 110 valence electrons. The fraction of sp³-hybridized carbons (Fsp3) is 0.500. The average molecular weight is 284 g/mol. The van der Waals surface area contributed by atoms with Crippen LogP contribution >= 0.6 is 0 Å². The first-order valence-corrected chi connectivity index (χ1v) is 7.29. The van der Waals surface area contributed by atoms with Crippen molar-refractivity contribution in [1.82, 2.24) is 9.97 Å². The van der Waals surface area contributed by atoms with E-state index in [1.807, 2.05) is 6.92 Å². The molecule has 1 aromatic carbocycles. The summed E-state index contributed by atoms with van der Waals surface area (Å²) in [5, 5.41) is 1.06. The maximum atomic E-state index is 6.13. The number of benzene rings is 1. The summed E-state index contributed by atoms with van der Waals surface area (Å²) >= 11 is 0. The minimum Gasteiger partial charge on any atom is -0.399 e. The molecule has 0 saturated carbocycles. The van der Waals surface area contributed by atoms with Gasteiger partial charge in [0.15, 0.2) is 0 Å². The number of aryl methyl sites for hydroxylation is 2. The van der Waals surface area contributed by atoms with Gasteiger partial charge in [0, 0.05) is 11.1 Å². The van der Waals surface area contributed by atoms with E-state index >= 15 is 0 Å². The van der Waals surface area contributed by atoms with Gasteiger partial charge in [-0.05, 0) is 52.6 Å². The minimum absolute atomic E-state index is 0.331. The lowest BCUT2D eigenvalue weighted by molar-refractivity contribution is 0.00578. The second-order valence-corrected chi connectivity index (χ2v) is 6.78. The van der Waals surface area contributed by atoms with E-state index in [0.717, 1.165) is 27.6 Å². The van der Waals surface area contributed by atoms with E-state index in [2.05, 4.69) is 56.7 Å². The maximum Gasteiger partial charge on any atom is 0.494 e. The maximum absolute atomic E-state index is 6.13. The van der Waals surface area contributed by atoms with Crippen molar-refractivity contribution in [3.63, 3.8) is 0 Å². The van der Waals surface area contributed by atoms with Gasteiger partial charge in [-0.3, -0.25) is 0 Å².